The Balaban J connectivity index is 1.19. The molecule has 0 saturated carbocycles. The molecule has 0 unspecified atom stereocenters. The van der Waals surface area contributed by atoms with Crippen molar-refractivity contribution in [2.24, 2.45) is 0 Å². The molecule has 2 atom stereocenters. The molecule has 2 aliphatic heterocycles. The smallest absolute Gasteiger partial charge is 0.409 e. The van der Waals surface area contributed by atoms with Gasteiger partial charge in [0.05, 0.1) is 12.3 Å². The summed E-state index contributed by atoms with van der Waals surface area (Å²) in [5.41, 5.74) is 2.84. The van der Waals surface area contributed by atoms with Crippen molar-refractivity contribution in [1.29, 1.82) is 0 Å². The van der Waals surface area contributed by atoms with Gasteiger partial charge in [-0.15, -0.1) is 5.10 Å². The van der Waals surface area contributed by atoms with Crippen molar-refractivity contribution >= 4 is 35.1 Å². The zero-order valence-corrected chi connectivity index (χ0v) is 23.5. The fourth-order valence-corrected chi connectivity index (χ4v) is 5.55. The van der Waals surface area contributed by atoms with Gasteiger partial charge in [0, 0.05) is 81.9 Å². The Morgan fingerprint density at radius 1 is 0.950 bits per heavy atom. The minimum absolute atomic E-state index is 0.104. The Kier molecular flexibility index (Phi) is 8.04. The van der Waals surface area contributed by atoms with Crippen LogP contribution in [0.1, 0.15) is 27.7 Å². The Hall–Kier alpha value is -4.35. The van der Waals surface area contributed by atoms with Crippen molar-refractivity contribution in [2.75, 3.05) is 61.0 Å². The number of anilines is 4. The highest BCUT2D eigenvalue weighted by atomic mass is 16.6. The van der Waals surface area contributed by atoms with Gasteiger partial charge in [-0.2, -0.15) is 4.98 Å². The Bertz CT molecular complexity index is 1310. The predicted molar refractivity (Wildman–Crippen MR) is 153 cm³/mol. The number of hydrogen-bond acceptors (Lipinski definition) is 9. The second-order valence-corrected chi connectivity index (χ2v) is 10.3. The number of carbonyl (C=O) groups excluding carboxylic acids is 2. The number of rotatable bonds is 6. The van der Waals surface area contributed by atoms with E-state index in [0.717, 1.165) is 49.1 Å². The summed E-state index contributed by atoms with van der Waals surface area (Å²) in [6.07, 6.45) is 3.21. The molecule has 2 amide bonds. The summed E-state index contributed by atoms with van der Waals surface area (Å²) in [6, 6.07) is 12.2. The monoisotopic (exact) mass is 547 g/mol. The first kappa shape index (κ1) is 27.2. The zero-order chi connectivity index (χ0) is 28.2. The summed E-state index contributed by atoms with van der Waals surface area (Å²) in [6.45, 7) is 12.2. The van der Waals surface area contributed by atoms with E-state index in [9.17, 15) is 9.59 Å². The summed E-state index contributed by atoms with van der Waals surface area (Å²) in [5, 5.41) is 7.89. The van der Waals surface area contributed by atoms with E-state index in [1.165, 1.54) is 0 Å². The number of carbonyl (C=O) groups is 2. The van der Waals surface area contributed by atoms with Crippen LogP contribution in [0.3, 0.4) is 0 Å². The quantitative estimate of drug-likeness (QED) is 0.497. The molecule has 0 bridgehead atoms. The lowest BCUT2D eigenvalue weighted by molar-refractivity contribution is -0.133. The molecule has 12 nitrogen and oxygen atoms in total. The predicted octanol–water partition coefficient (Wildman–Crippen LogP) is 3.13. The Morgan fingerprint density at radius 3 is 2.30 bits per heavy atom. The standard InChI is InChI=1S/C28H37N9O3/c1-5-40-28(39)34-14-12-33(13-15-34)24-8-6-23(7-9-24)31-27-30-19-36(32-27)25-10-11-29-26(16-25)35-17-20(2)37(22(4)38)21(3)18-35/h6-11,16,19-21H,5,12-15,17-18H2,1-4H3,(H,31,32)/t20-,21+. The lowest BCUT2D eigenvalue weighted by atomic mass is 10.1. The molecule has 0 radical (unpaired) electrons. The van der Waals surface area contributed by atoms with Crippen LogP contribution >= 0.6 is 0 Å². The van der Waals surface area contributed by atoms with E-state index in [-0.39, 0.29) is 24.1 Å². The Morgan fingerprint density at radius 2 is 1.65 bits per heavy atom. The number of pyridine rings is 1. The fraction of sp³-hybridized carbons (Fsp3) is 0.464. The second-order valence-electron chi connectivity index (χ2n) is 10.3. The van der Waals surface area contributed by atoms with Crippen molar-refractivity contribution in [2.45, 2.75) is 39.8 Å². The number of ether oxygens (including phenoxy) is 1. The first-order valence-electron chi connectivity index (χ1n) is 13.8. The van der Waals surface area contributed by atoms with E-state index < -0.39 is 0 Å². The number of piperazine rings is 2. The second kappa shape index (κ2) is 11.8. The van der Waals surface area contributed by atoms with Gasteiger partial charge in [-0.3, -0.25) is 4.79 Å². The van der Waals surface area contributed by atoms with Gasteiger partial charge in [-0.05, 0) is 51.1 Å². The lowest BCUT2D eigenvalue weighted by Gasteiger charge is -2.44. The van der Waals surface area contributed by atoms with Crippen molar-refractivity contribution in [3.63, 3.8) is 0 Å². The van der Waals surface area contributed by atoms with Gasteiger partial charge in [-0.1, -0.05) is 0 Å². The van der Waals surface area contributed by atoms with Crippen LogP contribution in [0.4, 0.5) is 27.9 Å². The number of nitrogens with one attached hydrogen (secondary N) is 1. The number of amides is 2. The molecule has 4 heterocycles. The van der Waals surface area contributed by atoms with Gasteiger partial charge in [0.1, 0.15) is 12.1 Å². The van der Waals surface area contributed by atoms with Gasteiger partial charge in [-0.25, -0.2) is 14.5 Å². The van der Waals surface area contributed by atoms with Crippen molar-refractivity contribution in [1.82, 2.24) is 29.5 Å². The molecule has 1 aromatic carbocycles. The zero-order valence-electron chi connectivity index (χ0n) is 23.5. The molecule has 0 spiro atoms. The SMILES string of the molecule is CCOC(=O)N1CCN(c2ccc(Nc3ncn(-c4ccnc(N5C[C@@H](C)N(C(C)=O)[C@@H](C)C5)c4)n3)cc2)CC1. The van der Waals surface area contributed by atoms with Crippen molar-refractivity contribution in [3.8, 4) is 5.69 Å². The molecule has 12 heteroatoms. The number of aromatic nitrogens is 4. The maximum Gasteiger partial charge on any atom is 0.409 e. The topological polar surface area (TPSA) is 112 Å². The van der Waals surface area contributed by atoms with Crippen LogP contribution in [0.25, 0.3) is 5.69 Å². The number of benzene rings is 1. The molecule has 1 N–H and O–H groups in total. The highest BCUT2D eigenvalue weighted by Crippen LogP contribution is 2.24. The van der Waals surface area contributed by atoms with Crippen LogP contribution in [0.15, 0.2) is 48.9 Å². The molecule has 5 rings (SSSR count). The molecule has 212 valence electrons. The van der Waals surface area contributed by atoms with Crippen LogP contribution in [-0.2, 0) is 9.53 Å². The summed E-state index contributed by atoms with van der Waals surface area (Å²) >= 11 is 0. The third kappa shape index (κ3) is 5.95. The van der Waals surface area contributed by atoms with E-state index in [0.29, 0.717) is 25.6 Å². The lowest BCUT2D eigenvalue weighted by Crippen LogP contribution is -2.58. The summed E-state index contributed by atoms with van der Waals surface area (Å²) < 4.78 is 6.83. The van der Waals surface area contributed by atoms with Gasteiger partial charge in [0.15, 0.2) is 0 Å². The summed E-state index contributed by atoms with van der Waals surface area (Å²) in [5.74, 6) is 1.45. The van der Waals surface area contributed by atoms with E-state index in [2.05, 4.69) is 56.2 Å². The third-order valence-electron chi connectivity index (χ3n) is 7.39. The number of hydrogen-bond donors (Lipinski definition) is 1. The van der Waals surface area contributed by atoms with Crippen LogP contribution in [0.5, 0.6) is 0 Å². The van der Waals surface area contributed by atoms with E-state index in [1.807, 2.05) is 36.1 Å². The number of nitrogens with zero attached hydrogens (tertiary/aromatic N) is 8. The van der Waals surface area contributed by atoms with Crippen molar-refractivity contribution in [3.05, 3.63) is 48.9 Å². The summed E-state index contributed by atoms with van der Waals surface area (Å²) in [4.78, 5) is 41.2. The van der Waals surface area contributed by atoms with Crippen LogP contribution in [-0.4, -0.2) is 99.5 Å². The molecular formula is C28H37N9O3. The van der Waals surface area contributed by atoms with Gasteiger partial charge < -0.3 is 29.7 Å². The van der Waals surface area contributed by atoms with Gasteiger partial charge in [0.25, 0.3) is 0 Å². The molecule has 2 aliphatic rings. The van der Waals surface area contributed by atoms with Crippen molar-refractivity contribution < 1.29 is 14.3 Å². The largest absolute Gasteiger partial charge is 0.450 e. The molecule has 3 aromatic rings. The maximum atomic E-state index is 12.0. The van der Waals surface area contributed by atoms with E-state index in [1.54, 1.807) is 29.0 Å². The van der Waals surface area contributed by atoms with Gasteiger partial charge in [0.2, 0.25) is 11.9 Å². The molecule has 0 aliphatic carbocycles. The molecule has 2 fully saturated rings. The normalized spacial score (nSPS) is 19.5. The minimum Gasteiger partial charge on any atom is -0.450 e. The molecular weight excluding hydrogens is 510 g/mol. The van der Waals surface area contributed by atoms with Gasteiger partial charge >= 0.3 is 6.09 Å². The van der Waals surface area contributed by atoms with E-state index in [4.69, 9.17) is 4.74 Å². The average molecular weight is 548 g/mol. The highest BCUT2D eigenvalue weighted by Gasteiger charge is 2.31. The third-order valence-corrected chi connectivity index (χ3v) is 7.39. The fourth-order valence-electron chi connectivity index (χ4n) is 5.55. The van der Waals surface area contributed by atoms with Crippen LogP contribution in [0.2, 0.25) is 0 Å². The molecule has 2 saturated heterocycles. The first-order valence-corrected chi connectivity index (χ1v) is 13.8. The van der Waals surface area contributed by atoms with Crippen LogP contribution in [0, 0.1) is 0 Å². The van der Waals surface area contributed by atoms with E-state index >= 15 is 0 Å². The Labute approximate surface area is 234 Å². The maximum absolute atomic E-state index is 12.0. The van der Waals surface area contributed by atoms with Crippen LogP contribution < -0.4 is 15.1 Å². The average Bonchev–Trinajstić information content (AvgIpc) is 3.42. The highest BCUT2D eigenvalue weighted by molar-refractivity contribution is 5.74. The molecule has 40 heavy (non-hydrogen) atoms. The molecule has 2 aromatic heterocycles. The minimum atomic E-state index is -0.242. The summed E-state index contributed by atoms with van der Waals surface area (Å²) in [7, 11) is 0. The first-order chi connectivity index (χ1) is 19.3.